The Morgan fingerprint density at radius 3 is 1.13 bits per heavy atom. The van der Waals surface area contributed by atoms with Crippen molar-refractivity contribution in [1.82, 2.24) is 0 Å². The van der Waals surface area contributed by atoms with Crippen LogP contribution in [0.4, 0.5) is 0 Å². The fourth-order valence-corrected chi connectivity index (χ4v) is 8.08. The molecule has 0 saturated heterocycles. The first kappa shape index (κ1) is 35.9. The van der Waals surface area contributed by atoms with Gasteiger partial charge in [-0.15, -0.1) is 0 Å². The fraction of sp³-hybridized carbons (Fsp3) is 0.721. The van der Waals surface area contributed by atoms with Gasteiger partial charge in [-0.05, 0) is 123 Å². The molecule has 0 amide bonds. The second kappa shape index (κ2) is 21.8. The Kier molecular flexibility index (Phi) is 17.4. The third-order valence-corrected chi connectivity index (χ3v) is 11.2. The van der Waals surface area contributed by atoms with E-state index in [4.69, 9.17) is 9.47 Å². The molecule has 0 spiro atoms. The SMILES string of the molecule is CCCCCC1CCC(c2ccc(OCCCCCCCCCOc3ccc(C4CCC(CCCCC)CC4)cc3)cc2)CC1. The second-order valence-electron chi connectivity index (χ2n) is 14.7. The van der Waals surface area contributed by atoms with Crippen molar-refractivity contribution in [2.24, 2.45) is 11.8 Å². The maximum atomic E-state index is 6.07. The van der Waals surface area contributed by atoms with Gasteiger partial charge < -0.3 is 9.47 Å². The van der Waals surface area contributed by atoms with Gasteiger partial charge in [0.1, 0.15) is 11.5 Å². The Bertz CT molecular complexity index is 898. The van der Waals surface area contributed by atoms with Crippen LogP contribution in [0.5, 0.6) is 11.5 Å². The summed E-state index contributed by atoms with van der Waals surface area (Å²) in [4.78, 5) is 0. The minimum Gasteiger partial charge on any atom is -0.494 e. The van der Waals surface area contributed by atoms with Crippen LogP contribution >= 0.6 is 0 Å². The van der Waals surface area contributed by atoms with Gasteiger partial charge in [0, 0.05) is 0 Å². The van der Waals surface area contributed by atoms with Crippen molar-refractivity contribution in [2.45, 2.75) is 173 Å². The summed E-state index contributed by atoms with van der Waals surface area (Å²) in [7, 11) is 0. The molecule has 0 aromatic heterocycles. The van der Waals surface area contributed by atoms with E-state index in [2.05, 4.69) is 62.4 Å². The molecule has 2 heteroatoms. The molecule has 2 aliphatic carbocycles. The zero-order valence-electron chi connectivity index (χ0n) is 29.4. The van der Waals surface area contributed by atoms with Crippen molar-refractivity contribution >= 4 is 0 Å². The van der Waals surface area contributed by atoms with Crippen molar-refractivity contribution in [3.05, 3.63) is 59.7 Å². The van der Waals surface area contributed by atoms with Gasteiger partial charge in [0.15, 0.2) is 0 Å². The largest absolute Gasteiger partial charge is 0.494 e. The molecule has 0 aliphatic heterocycles. The highest BCUT2D eigenvalue weighted by Crippen LogP contribution is 2.39. The van der Waals surface area contributed by atoms with Gasteiger partial charge in [-0.1, -0.05) is 122 Å². The van der Waals surface area contributed by atoms with E-state index in [9.17, 15) is 0 Å². The number of ether oxygens (including phenoxy) is 2. The highest BCUT2D eigenvalue weighted by atomic mass is 16.5. The summed E-state index contributed by atoms with van der Waals surface area (Å²) >= 11 is 0. The molecule has 0 N–H and O–H groups in total. The maximum Gasteiger partial charge on any atom is 0.119 e. The van der Waals surface area contributed by atoms with Crippen LogP contribution in [0, 0.1) is 11.8 Å². The third-order valence-electron chi connectivity index (χ3n) is 11.2. The lowest BCUT2D eigenvalue weighted by atomic mass is 9.77. The Hall–Kier alpha value is -1.96. The van der Waals surface area contributed by atoms with Gasteiger partial charge in [-0.3, -0.25) is 0 Å². The zero-order chi connectivity index (χ0) is 31.4. The predicted octanol–water partition coefficient (Wildman–Crippen LogP) is 13.6. The lowest BCUT2D eigenvalue weighted by Gasteiger charge is -2.29. The van der Waals surface area contributed by atoms with E-state index in [0.29, 0.717) is 0 Å². The molecule has 2 nitrogen and oxygen atoms in total. The summed E-state index contributed by atoms with van der Waals surface area (Å²) in [6.07, 6.45) is 31.3. The summed E-state index contributed by atoms with van der Waals surface area (Å²) in [5, 5.41) is 0. The van der Waals surface area contributed by atoms with Crippen LogP contribution in [0.2, 0.25) is 0 Å². The van der Waals surface area contributed by atoms with E-state index in [1.807, 2.05) is 0 Å². The summed E-state index contributed by atoms with van der Waals surface area (Å²) in [5.74, 6) is 5.58. The highest BCUT2D eigenvalue weighted by molar-refractivity contribution is 5.30. The lowest BCUT2D eigenvalue weighted by Crippen LogP contribution is -2.13. The van der Waals surface area contributed by atoms with Crippen molar-refractivity contribution in [3.63, 3.8) is 0 Å². The first-order valence-corrected chi connectivity index (χ1v) is 19.7. The van der Waals surface area contributed by atoms with Crippen LogP contribution in [0.1, 0.15) is 184 Å². The number of rotatable bonds is 22. The average molecular weight is 617 g/mol. The molecule has 0 unspecified atom stereocenters. The minimum absolute atomic E-state index is 0.763. The van der Waals surface area contributed by atoms with E-state index in [0.717, 1.165) is 61.2 Å². The van der Waals surface area contributed by atoms with E-state index in [1.54, 1.807) is 0 Å². The van der Waals surface area contributed by atoms with Crippen molar-refractivity contribution in [3.8, 4) is 11.5 Å². The zero-order valence-corrected chi connectivity index (χ0v) is 29.4. The summed E-state index contributed by atoms with van der Waals surface area (Å²) in [5.41, 5.74) is 3.05. The Morgan fingerprint density at radius 2 is 0.778 bits per heavy atom. The molecule has 0 radical (unpaired) electrons. The van der Waals surface area contributed by atoms with Crippen LogP contribution in [0.25, 0.3) is 0 Å². The van der Waals surface area contributed by atoms with E-state index in [1.165, 1.54) is 146 Å². The molecule has 2 aliphatic rings. The molecule has 0 heterocycles. The monoisotopic (exact) mass is 617 g/mol. The van der Waals surface area contributed by atoms with Crippen LogP contribution in [0.15, 0.2) is 48.5 Å². The number of hydrogen-bond acceptors (Lipinski definition) is 2. The second-order valence-corrected chi connectivity index (χ2v) is 14.7. The minimum atomic E-state index is 0.763. The quantitative estimate of drug-likeness (QED) is 0.123. The lowest BCUT2D eigenvalue weighted by molar-refractivity contribution is 0.297. The standard InChI is InChI=1S/C43H68O2/c1-3-5-12-16-36-18-22-38(23-19-36)40-26-30-42(31-27-40)44-34-14-10-8-7-9-11-15-35-45-43-32-28-41(29-33-43)39-24-20-37(21-25-39)17-13-6-4-2/h26-33,36-39H,3-25,34-35H2,1-2H3. The van der Waals surface area contributed by atoms with E-state index >= 15 is 0 Å². The Morgan fingerprint density at radius 1 is 0.422 bits per heavy atom. The van der Waals surface area contributed by atoms with Gasteiger partial charge in [-0.2, -0.15) is 0 Å². The van der Waals surface area contributed by atoms with Crippen molar-refractivity contribution in [2.75, 3.05) is 13.2 Å². The molecule has 45 heavy (non-hydrogen) atoms. The molecule has 252 valence electrons. The number of unbranched alkanes of at least 4 members (excludes halogenated alkanes) is 10. The van der Waals surface area contributed by atoms with E-state index < -0.39 is 0 Å². The molecule has 2 saturated carbocycles. The summed E-state index contributed by atoms with van der Waals surface area (Å²) in [6, 6.07) is 18.2. The first-order valence-electron chi connectivity index (χ1n) is 19.7. The van der Waals surface area contributed by atoms with Crippen LogP contribution in [-0.4, -0.2) is 13.2 Å². The van der Waals surface area contributed by atoms with E-state index in [-0.39, 0.29) is 0 Å². The molecule has 2 fully saturated rings. The number of benzene rings is 2. The van der Waals surface area contributed by atoms with Gasteiger partial charge in [0.05, 0.1) is 13.2 Å². The first-order chi connectivity index (χ1) is 22.2. The average Bonchev–Trinajstić information content (AvgIpc) is 3.09. The summed E-state index contributed by atoms with van der Waals surface area (Å²) < 4.78 is 12.1. The normalized spacial score (nSPS) is 21.9. The summed E-state index contributed by atoms with van der Waals surface area (Å²) in [6.45, 7) is 6.30. The van der Waals surface area contributed by atoms with Gasteiger partial charge in [0.2, 0.25) is 0 Å². The Labute approximate surface area is 278 Å². The molecule has 2 aromatic rings. The molecule has 4 rings (SSSR count). The third kappa shape index (κ3) is 13.7. The molecular formula is C43H68O2. The van der Waals surface area contributed by atoms with Crippen LogP contribution in [-0.2, 0) is 0 Å². The van der Waals surface area contributed by atoms with Gasteiger partial charge in [0.25, 0.3) is 0 Å². The fourth-order valence-electron chi connectivity index (χ4n) is 8.08. The Balaban J connectivity index is 0.953. The smallest absolute Gasteiger partial charge is 0.119 e. The van der Waals surface area contributed by atoms with Gasteiger partial charge in [-0.25, -0.2) is 0 Å². The maximum absolute atomic E-state index is 6.07. The molecular weight excluding hydrogens is 548 g/mol. The highest BCUT2D eigenvalue weighted by Gasteiger charge is 2.23. The predicted molar refractivity (Wildman–Crippen MR) is 194 cm³/mol. The number of hydrogen-bond donors (Lipinski definition) is 0. The molecule has 2 aromatic carbocycles. The van der Waals surface area contributed by atoms with Crippen LogP contribution < -0.4 is 9.47 Å². The topological polar surface area (TPSA) is 18.5 Å². The van der Waals surface area contributed by atoms with Gasteiger partial charge >= 0.3 is 0 Å². The van der Waals surface area contributed by atoms with Crippen LogP contribution in [0.3, 0.4) is 0 Å². The van der Waals surface area contributed by atoms with Crippen molar-refractivity contribution in [1.29, 1.82) is 0 Å². The van der Waals surface area contributed by atoms with Crippen molar-refractivity contribution < 1.29 is 9.47 Å². The molecule has 0 bridgehead atoms. The molecule has 0 atom stereocenters.